The normalized spacial score (nSPS) is 13.5. The second kappa shape index (κ2) is 8.26. The molecule has 7 heteroatoms. The average Bonchev–Trinajstić information content (AvgIpc) is 2.75. The summed E-state index contributed by atoms with van der Waals surface area (Å²) in [6.07, 6.45) is 6.32. The number of carbonyl (C=O) groups is 1. The number of aromatic nitrogens is 3. The van der Waals surface area contributed by atoms with Gasteiger partial charge in [-0.3, -0.25) is 4.79 Å². The van der Waals surface area contributed by atoms with E-state index < -0.39 is 0 Å². The van der Waals surface area contributed by atoms with Gasteiger partial charge in [-0.05, 0) is 49.6 Å². The standard InChI is InChI=1S/C25H23N5O2/c1-15-10-11-17-18(7-3-9-20(17)29-23(31)16-5-2-6-16)22(15)32-24-19(8-4-13-27-24)21-12-14-28-25(26)30-21/h3-4,7-14,16H,2,5-6H2,1H3,(H,29,31)(H2,26,28,30). The maximum Gasteiger partial charge on any atom is 0.228 e. The van der Waals surface area contributed by atoms with Crippen LogP contribution in [-0.2, 0) is 4.79 Å². The summed E-state index contributed by atoms with van der Waals surface area (Å²) >= 11 is 0. The van der Waals surface area contributed by atoms with Crippen molar-refractivity contribution in [1.29, 1.82) is 0 Å². The zero-order valence-corrected chi connectivity index (χ0v) is 17.7. The van der Waals surface area contributed by atoms with Crippen LogP contribution in [-0.4, -0.2) is 20.9 Å². The number of benzene rings is 2. The molecular formula is C25H23N5O2. The van der Waals surface area contributed by atoms with Crippen LogP contribution in [0.3, 0.4) is 0 Å². The van der Waals surface area contributed by atoms with Crippen LogP contribution in [0, 0.1) is 12.8 Å². The van der Waals surface area contributed by atoms with Gasteiger partial charge in [0.25, 0.3) is 0 Å². The first-order chi connectivity index (χ1) is 15.6. The second-order valence-electron chi connectivity index (χ2n) is 7.99. The van der Waals surface area contributed by atoms with Gasteiger partial charge in [-0.2, -0.15) is 0 Å². The van der Waals surface area contributed by atoms with Crippen molar-refractivity contribution in [2.24, 2.45) is 5.92 Å². The lowest BCUT2D eigenvalue weighted by Crippen LogP contribution is -2.28. The molecule has 1 aliphatic carbocycles. The molecule has 1 aliphatic rings. The van der Waals surface area contributed by atoms with Crippen LogP contribution in [0.1, 0.15) is 24.8 Å². The van der Waals surface area contributed by atoms with Crippen LogP contribution in [0.15, 0.2) is 60.9 Å². The minimum atomic E-state index is 0.0835. The summed E-state index contributed by atoms with van der Waals surface area (Å²) in [6.45, 7) is 1.99. The third-order valence-electron chi connectivity index (χ3n) is 5.86. The molecule has 0 unspecified atom stereocenters. The molecule has 32 heavy (non-hydrogen) atoms. The molecule has 0 atom stereocenters. The SMILES string of the molecule is Cc1ccc2c(NC(=O)C3CCC3)cccc2c1Oc1ncccc1-c1ccnc(N)n1. The zero-order chi connectivity index (χ0) is 22.1. The van der Waals surface area contributed by atoms with Gasteiger partial charge in [-0.25, -0.2) is 15.0 Å². The molecule has 4 aromatic rings. The molecule has 7 nitrogen and oxygen atoms in total. The first kappa shape index (κ1) is 19.9. The molecule has 1 fully saturated rings. The number of hydrogen-bond donors (Lipinski definition) is 2. The van der Waals surface area contributed by atoms with Gasteiger partial charge in [0.15, 0.2) is 0 Å². The first-order valence-electron chi connectivity index (χ1n) is 10.6. The largest absolute Gasteiger partial charge is 0.437 e. The molecule has 2 aromatic carbocycles. The van der Waals surface area contributed by atoms with Gasteiger partial charge in [0.05, 0.1) is 11.3 Å². The van der Waals surface area contributed by atoms with E-state index in [1.165, 1.54) is 0 Å². The van der Waals surface area contributed by atoms with Gasteiger partial charge < -0.3 is 15.8 Å². The predicted octanol–water partition coefficient (Wildman–Crippen LogP) is 5.11. The minimum Gasteiger partial charge on any atom is -0.437 e. The van der Waals surface area contributed by atoms with Crippen molar-refractivity contribution in [3.05, 3.63) is 66.5 Å². The number of rotatable bonds is 5. The molecule has 2 aromatic heterocycles. The number of fused-ring (bicyclic) bond motifs is 1. The molecule has 5 rings (SSSR count). The van der Waals surface area contributed by atoms with Gasteiger partial charge in [-0.1, -0.05) is 30.7 Å². The van der Waals surface area contributed by atoms with Crippen LogP contribution in [0.2, 0.25) is 0 Å². The molecule has 0 aliphatic heterocycles. The van der Waals surface area contributed by atoms with Crippen molar-refractivity contribution in [2.75, 3.05) is 11.1 Å². The molecule has 0 spiro atoms. The van der Waals surface area contributed by atoms with Gasteiger partial charge in [0.2, 0.25) is 17.7 Å². The van der Waals surface area contributed by atoms with E-state index in [1.807, 2.05) is 49.4 Å². The second-order valence-corrected chi connectivity index (χ2v) is 7.99. The summed E-state index contributed by atoms with van der Waals surface area (Å²) in [7, 11) is 0. The van der Waals surface area contributed by atoms with E-state index in [-0.39, 0.29) is 17.8 Å². The van der Waals surface area contributed by atoms with Crippen molar-refractivity contribution in [1.82, 2.24) is 15.0 Å². The van der Waals surface area contributed by atoms with E-state index in [0.717, 1.165) is 41.3 Å². The highest BCUT2D eigenvalue weighted by Crippen LogP contribution is 2.39. The summed E-state index contributed by atoms with van der Waals surface area (Å²) in [4.78, 5) is 25.3. The number of nitrogen functional groups attached to an aromatic ring is 1. The van der Waals surface area contributed by atoms with Crippen LogP contribution in [0.5, 0.6) is 11.6 Å². The molecule has 3 N–H and O–H groups in total. The highest BCUT2D eigenvalue weighted by atomic mass is 16.5. The molecule has 0 radical (unpaired) electrons. The van der Waals surface area contributed by atoms with E-state index in [2.05, 4.69) is 20.3 Å². The van der Waals surface area contributed by atoms with Gasteiger partial charge >= 0.3 is 0 Å². The third-order valence-corrected chi connectivity index (χ3v) is 5.86. The Kier molecular flexibility index (Phi) is 5.15. The lowest BCUT2D eigenvalue weighted by molar-refractivity contribution is -0.122. The summed E-state index contributed by atoms with van der Waals surface area (Å²) in [5, 5.41) is 4.92. The van der Waals surface area contributed by atoms with Crippen molar-refractivity contribution < 1.29 is 9.53 Å². The summed E-state index contributed by atoms with van der Waals surface area (Å²) in [5.74, 6) is 1.49. The number of anilines is 2. The fourth-order valence-electron chi connectivity index (χ4n) is 3.88. The quantitative estimate of drug-likeness (QED) is 0.460. The van der Waals surface area contributed by atoms with E-state index in [0.29, 0.717) is 22.9 Å². The Morgan fingerprint density at radius 3 is 2.69 bits per heavy atom. The molecule has 1 amide bonds. The predicted molar refractivity (Wildman–Crippen MR) is 124 cm³/mol. The molecular weight excluding hydrogens is 402 g/mol. The average molecular weight is 425 g/mol. The van der Waals surface area contributed by atoms with Crippen molar-refractivity contribution >= 4 is 28.3 Å². The summed E-state index contributed by atoms with van der Waals surface area (Å²) < 4.78 is 6.36. The molecule has 0 saturated heterocycles. The minimum absolute atomic E-state index is 0.0835. The van der Waals surface area contributed by atoms with E-state index in [4.69, 9.17) is 10.5 Å². The van der Waals surface area contributed by atoms with Crippen LogP contribution in [0.4, 0.5) is 11.6 Å². The smallest absolute Gasteiger partial charge is 0.228 e. The van der Waals surface area contributed by atoms with E-state index in [1.54, 1.807) is 18.5 Å². The van der Waals surface area contributed by atoms with Crippen molar-refractivity contribution in [3.8, 4) is 22.9 Å². The van der Waals surface area contributed by atoms with Crippen LogP contribution < -0.4 is 15.8 Å². The van der Waals surface area contributed by atoms with Crippen LogP contribution in [0.25, 0.3) is 22.0 Å². The summed E-state index contributed by atoms with van der Waals surface area (Å²) in [6, 6.07) is 15.3. The Balaban J connectivity index is 1.55. The maximum atomic E-state index is 12.5. The number of nitrogens with two attached hydrogens (primary N) is 1. The number of hydrogen-bond acceptors (Lipinski definition) is 6. The van der Waals surface area contributed by atoms with Crippen molar-refractivity contribution in [3.63, 3.8) is 0 Å². The van der Waals surface area contributed by atoms with Gasteiger partial charge in [-0.15, -0.1) is 0 Å². The monoisotopic (exact) mass is 425 g/mol. The lowest BCUT2D eigenvalue weighted by Gasteiger charge is -2.24. The molecule has 1 saturated carbocycles. The van der Waals surface area contributed by atoms with E-state index >= 15 is 0 Å². The van der Waals surface area contributed by atoms with Gasteiger partial charge in [0, 0.05) is 34.8 Å². The zero-order valence-electron chi connectivity index (χ0n) is 17.7. The number of aryl methyl sites for hydroxylation is 1. The Morgan fingerprint density at radius 1 is 1.03 bits per heavy atom. The summed E-state index contributed by atoms with van der Waals surface area (Å²) in [5.41, 5.74) is 8.86. The molecule has 160 valence electrons. The highest BCUT2D eigenvalue weighted by molar-refractivity contribution is 6.05. The fourth-order valence-corrected chi connectivity index (χ4v) is 3.88. The number of nitrogens with zero attached hydrogens (tertiary/aromatic N) is 3. The number of pyridine rings is 1. The number of amides is 1. The van der Waals surface area contributed by atoms with Crippen molar-refractivity contribution in [2.45, 2.75) is 26.2 Å². The first-order valence-corrected chi connectivity index (χ1v) is 10.6. The fraction of sp³-hybridized carbons (Fsp3) is 0.200. The third kappa shape index (κ3) is 3.73. The number of ether oxygens (including phenoxy) is 1. The Morgan fingerprint density at radius 2 is 1.91 bits per heavy atom. The highest BCUT2D eigenvalue weighted by Gasteiger charge is 2.25. The number of carbonyl (C=O) groups excluding carboxylic acids is 1. The topological polar surface area (TPSA) is 103 Å². The number of nitrogens with one attached hydrogen (secondary N) is 1. The lowest BCUT2D eigenvalue weighted by atomic mass is 9.85. The maximum absolute atomic E-state index is 12.5. The van der Waals surface area contributed by atoms with E-state index in [9.17, 15) is 4.79 Å². The molecule has 0 bridgehead atoms. The Hall–Kier alpha value is -4.00. The van der Waals surface area contributed by atoms with Crippen LogP contribution >= 0.6 is 0 Å². The molecule has 2 heterocycles. The Bertz CT molecular complexity index is 1320. The Labute approximate surface area is 185 Å². The van der Waals surface area contributed by atoms with Gasteiger partial charge in [0.1, 0.15) is 5.75 Å².